The number of likely N-dealkylation sites (tertiary alicyclic amines) is 1. The van der Waals surface area contributed by atoms with Crippen LogP contribution >= 0.6 is 23.1 Å². The SMILES string of the molecule is CN(C)C1CCCN(C(=O)CCSCc2nc3sc4c(c3c(=O)[nH]2)CCC4)C1. The fourth-order valence-corrected chi connectivity index (χ4v) is 6.28. The van der Waals surface area contributed by atoms with Crippen LogP contribution < -0.4 is 5.56 Å². The number of nitrogens with zero attached hydrogens (tertiary/aromatic N) is 3. The molecule has 1 atom stereocenters. The van der Waals surface area contributed by atoms with Gasteiger partial charge in [0.15, 0.2) is 0 Å². The summed E-state index contributed by atoms with van der Waals surface area (Å²) in [5.41, 5.74) is 1.22. The van der Waals surface area contributed by atoms with Crippen LogP contribution in [0, 0.1) is 0 Å². The molecule has 2 aliphatic rings. The minimum atomic E-state index is -0.000814. The Balaban J connectivity index is 1.29. The largest absolute Gasteiger partial charge is 0.341 e. The average molecular weight is 421 g/mol. The molecule has 2 aromatic heterocycles. The van der Waals surface area contributed by atoms with E-state index in [1.807, 2.05) is 4.90 Å². The third kappa shape index (κ3) is 4.14. The number of hydrogen-bond acceptors (Lipinski definition) is 6. The standard InChI is InChI=1S/C20H28N4O2S2/c1-23(2)13-5-4-9-24(11-13)17(25)8-10-27-12-16-21-19(26)18-14-6-3-7-15(14)28-20(18)22-16/h13H,3-12H2,1-2H3,(H,21,22,26). The van der Waals surface area contributed by atoms with Gasteiger partial charge in [-0.05, 0) is 51.8 Å². The zero-order chi connectivity index (χ0) is 19.7. The van der Waals surface area contributed by atoms with Gasteiger partial charge >= 0.3 is 0 Å². The normalized spacial score (nSPS) is 19.5. The maximum absolute atomic E-state index is 12.5. The van der Waals surface area contributed by atoms with Gasteiger partial charge in [0.05, 0.1) is 11.1 Å². The highest BCUT2D eigenvalue weighted by Gasteiger charge is 2.24. The molecule has 0 bridgehead atoms. The van der Waals surface area contributed by atoms with Gasteiger partial charge in [-0.15, -0.1) is 11.3 Å². The van der Waals surface area contributed by atoms with E-state index in [1.165, 1.54) is 16.9 Å². The van der Waals surface area contributed by atoms with E-state index in [0.717, 1.165) is 60.6 Å². The Labute approximate surface area is 173 Å². The first kappa shape index (κ1) is 19.9. The van der Waals surface area contributed by atoms with Crippen molar-refractivity contribution in [3.63, 3.8) is 0 Å². The number of aromatic amines is 1. The fraction of sp³-hybridized carbons (Fsp3) is 0.650. The van der Waals surface area contributed by atoms with Crippen molar-refractivity contribution >= 4 is 39.2 Å². The Kier molecular flexibility index (Phi) is 6.08. The molecule has 4 rings (SSSR count). The molecule has 0 radical (unpaired) electrons. The fourth-order valence-electron chi connectivity index (χ4n) is 4.20. The van der Waals surface area contributed by atoms with Crippen LogP contribution in [0.1, 0.15) is 41.9 Å². The number of piperidine rings is 1. The van der Waals surface area contributed by atoms with Gasteiger partial charge < -0.3 is 14.8 Å². The summed E-state index contributed by atoms with van der Waals surface area (Å²) < 4.78 is 0. The summed E-state index contributed by atoms with van der Waals surface area (Å²) in [6.07, 6.45) is 6.02. The Hall–Kier alpha value is -1.38. The van der Waals surface area contributed by atoms with Crippen LogP contribution in [0.2, 0.25) is 0 Å². The van der Waals surface area contributed by atoms with Crippen LogP contribution in [-0.4, -0.2) is 64.7 Å². The summed E-state index contributed by atoms with van der Waals surface area (Å²) in [5, 5.41) is 0.807. The molecule has 1 fully saturated rings. The molecule has 1 amide bonds. The van der Waals surface area contributed by atoms with Crippen LogP contribution in [-0.2, 0) is 23.4 Å². The van der Waals surface area contributed by atoms with Gasteiger partial charge in [0.25, 0.3) is 5.56 Å². The van der Waals surface area contributed by atoms with Crippen molar-refractivity contribution < 1.29 is 4.79 Å². The van der Waals surface area contributed by atoms with Crippen LogP contribution in [0.25, 0.3) is 10.2 Å². The van der Waals surface area contributed by atoms with E-state index < -0.39 is 0 Å². The quantitative estimate of drug-likeness (QED) is 0.728. The van der Waals surface area contributed by atoms with Gasteiger partial charge in [-0.2, -0.15) is 11.8 Å². The lowest BCUT2D eigenvalue weighted by molar-refractivity contribution is -0.132. The summed E-state index contributed by atoms with van der Waals surface area (Å²) in [7, 11) is 4.17. The Bertz CT molecular complexity index is 921. The number of carbonyl (C=O) groups excluding carboxylic acids is 1. The van der Waals surface area contributed by atoms with Crippen LogP contribution in [0.15, 0.2) is 4.79 Å². The molecule has 0 spiro atoms. The third-order valence-electron chi connectivity index (χ3n) is 5.80. The highest BCUT2D eigenvalue weighted by atomic mass is 32.2. The number of carbonyl (C=O) groups is 1. The van der Waals surface area contributed by atoms with Gasteiger partial charge in [0, 0.05) is 36.2 Å². The second-order valence-corrected chi connectivity index (χ2v) is 10.1. The Morgan fingerprint density at radius 1 is 1.36 bits per heavy atom. The lowest BCUT2D eigenvalue weighted by Crippen LogP contribution is -2.47. The zero-order valence-electron chi connectivity index (χ0n) is 16.6. The van der Waals surface area contributed by atoms with Crippen LogP contribution in [0.3, 0.4) is 0 Å². The second kappa shape index (κ2) is 8.55. The molecule has 6 nitrogen and oxygen atoms in total. The highest BCUT2D eigenvalue weighted by molar-refractivity contribution is 7.98. The maximum Gasteiger partial charge on any atom is 0.259 e. The molecule has 8 heteroatoms. The van der Waals surface area contributed by atoms with E-state index in [2.05, 4.69) is 29.0 Å². The number of aromatic nitrogens is 2. The van der Waals surface area contributed by atoms with E-state index in [4.69, 9.17) is 0 Å². The minimum Gasteiger partial charge on any atom is -0.341 e. The second-order valence-electron chi connectivity index (χ2n) is 7.95. The van der Waals surface area contributed by atoms with Crippen molar-refractivity contribution in [2.24, 2.45) is 0 Å². The summed E-state index contributed by atoms with van der Waals surface area (Å²) in [6.45, 7) is 1.72. The van der Waals surface area contributed by atoms with Crippen molar-refractivity contribution in [1.29, 1.82) is 0 Å². The molecule has 1 aliphatic heterocycles. The molecule has 2 aromatic rings. The van der Waals surface area contributed by atoms with Crippen molar-refractivity contribution in [3.8, 4) is 0 Å². The monoisotopic (exact) mass is 420 g/mol. The van der Waals surface area contributed by atoms with Gasteiger partial charge in [0.2, 0.25) is 5.91 Å². The number of H-pyrrole nitrogens is 1. The molecule has 1 unspecified atom stereocenters. The zero-order valence-corrected chi connectivity index (χ0v) is 18.3. The predicted octanol–water partition coefficient (Wildman–Crippen LogP) is 2.65. The number of likely N-dealkylation sites (N-methyl/N-ethyl adjacent to an activating group) is 1. The number of rotatable bonds is 6. The Morgan fingerprint density at radius 3 is 3.04 bits per heavy atom. The number of aryl methyl sites for hydroxylation is 2. The van der Waals surface area contributed by atoms with Crippen molar-refractivity contribution in [3.05, 3.63) is 26.6 Å². The van der Waals surface area contributed by atoms with Crippen molar-refractivity contribution in [2.75, 3.05) is 32.9 Å². The smallest absolute Gasteiger partial charge is 0.259 e. The van der Waals surface area contributed by atoms with E-state index >= 15 is 0 Å². The Morgan fingerprint density at radius 2 is 2.21 bits per heavy atom. The molecule has 1 saturated heterocycles. The van der Waals surface area contributed by atoms with Gasteiger partial charge in [0.1, 0.15) is 10.7 Å². The van der Waals surface area contributed by atoms with Crippen molar-refractivity contribution in [1.82, 2.24) is 19.8 Å². The first-order valence-corrected chi connectivity index (χ1v) is 12.1. The molecule has 0 saturated carbocycles. The topological polar surface area (TPSA) is 69.3 Å². The molecule has 1 aliphatic carbocycles. The number of amides is 1. The first-order chi connectivity index (χ1) is 13.5. The number of thioether (sulfide) groups is 1. The maximum atomic E-state index is 12.5. The number of nitrogens with one attached hydrogen (secondary N) is 1. The third-order valence-corrected chi connectivity index (χ3v) is 7.96. The predicted molar refractivity (Wildman–Crippen MR) is 116 cm³/mol. The van der Waals surface area contributed by atoms with E-state index in [9.17, 15) is 9.59 Å². The van der Waals surface area contributed by atoms with E-state index in [-0.39, 0.29) is 11.5 Å². The summed E-state index contributed by atoms with van der Waals surface area (Å²) >= 11 is 3.34. The minimum absolute atomic E-state index is 0.000814. The van der Waals surface area contributed by atoms with Gasteiger partial charge in [-0.3, -0.25) is 9.59 Å². The van der Waals surface area contributed by atoms with E-state index in [1.54, 1.807) is 23.1 Å². The highest BCUT2D eigenvalue weighted by Crippen LogP contribution is 2.34. The molecule has 28 heavy (non-hydrogen) atoms. The first-order valence-electron chi connectivity index (χ1n) is 10.1. The lowest BCUT2D eigenvalue weighted by Gasteiger charge is -2.36. The molecule has 1 N–H and O–H groups in total. The molecule has 152 valence electrons. The molecule has 0 aromatic carbocycles. The number of hydrogen-bond donors (Lipinski definition) is 1. The van der Waals surface area contributed by atoms with E-state index in [0.29, 0.717) is 18.2 Å². The van der Waals surface area contributed by atoms with Gasteiger partial charge in [-0.25, -0.2) is 4.98 Å². The number of thiophene rings is 1. The summed E-state index contributed by atoms with van der Waals surface area (Å²) in [5.74, 6) is 2.36. The molecular formula is C20H28N4O2S2. The van der Waals surface area contributed by atoms with Crippen LogP contribution in [0.5, 0.6) is 0 Å². The molecular weight excluding hydrogens is 392 g/mol. The lowest BCUT2D eigenvalue weighted by atomic mass is 10.0. The van der Waals surface area contributed by atoms with Crippen LogP contribution in [0.4, 0.5) is 0 Å². The average Bonchev–Trinajstić information content (AvgIpc) is 3.26. The summed E-state index contributed by atoms with van der Waals surface area (Å²) in [4.78, 5) is 39.1. The number of fused-ring (bicyclic) bond motifs is 3. The van der Waals surface area contributed by atoms with Gasteiger partial charge in [-0.1, -0.05) is 0 Å². The molecule has 3 heterocycles. The van der Waals surface area contributed by atoms with Crippen molar-refractivity contribution in [2.45, 2.75) is 50.3 Å². The summed E-state index contributed by atoms with van der Waals surface area (Å²) in [6, 6.07) is 0.471.